The van der Waals surface area contributed by atoms with Gasteiger partial charge in [0.15, 0.2) is 0 Å². The Hall–Kier alpha value is -0.910. The van der Waals surface area contributed by atoms with Crippen LogP contribution in [0, 0.1) is 0 Å². The Morgan fingerprint density at radius 3 is 2.95 bits per heavy atom. The first-order valence-corrected chi connectivity index (χ1v) is 8.28. The molecular formula is C14H13Cl2NO3S. The van der Waals surface area contributed by atoms with E-state index in [1.165, 1.54) is 6.07 Å². The molecule has 3 rings (SSSR count). The third kappa shape index (κ3) is 2.62. The summed E-state index contributed by atoms with van der Waals surface area (Å²) in [5.41, 5.74) is 0. The summed E-state index contributed by atoms with van der Waals surface area (Å²) in [4.78, 5) is 25.7. The zero-order valence-corrected chi connectivity index (χ0v) is 13.6. The van der Waals surface area contributed by atoms with E-state index in [1.807, 2.05) is 6.92 Å². The molecule has 2 aliphatic rings. The summed E-state index contributed by atoms with van der Waals surface area (Å²) in [7, 11) is 0. The summed E-state index contributed by atoms with van der Waals surface area (Å²) in [5, 5.41) is 0.746. The summed E-state index contributed by atoms with van der Waals surface area (Å²) in [6.07, 6.45) is 1.25. The number of carbonyl (C=O) groups excluding carboxylic acids is 2. The van der Waals surface area contributed by atoms with Crippen LogP contribution in [-0.4, -0.2) is 33.4 Å². The fraction of sp³-hybridized carbons (Fsp3) is 0.429. The molecule has 21 heavy (non-hydrogen) atoms. The van der Waals surface area contributed by atoms with Gasteiger partial charge in [-0.05, 0) is 31.5 Å². The minimum Gasteiger partial charge on any atom is -0.423 e. The molecule has 0 bridgehead atoms. The van der Waals surface area contributed by atoms with E-state index in [1.54, 1.807) is 28.8 Å². The summed E-state index contributed by atoms with van der Waals surface area (Å²) in [6.45, 7) is 1.99. The molecular weight excluding hydrogens is 333 g/mol. The number of esters is 1. The van der Waals surface area contributed by atoms with Crippen LogP contribution in [0.2, 0.25) is 10.0 Å². The van der Waals surface area contributed by atoms with Gasteiger partial charge in [0.25, 0.3) is 0 Å². The van der Waals surface area contributed by atoms with Crippen LogP contribution in [-0.2, 0) is 9.59 Å². The quantitative estimate of drug-likeness (QED) is 0.609. The van der Waals surface area contributed by atoms with Crippen molar-refractivity contribution in [1.82, 2.24) is 4.90 Å². The Morgan fingerprint density at radius 2 is 2.24 bits per heavy atom. The predicted octanol–water partition coefficient (Wildman–Crippen LogP) is 3.35. The van der Waals surface area contributed by atoms with Gasteiger partial charge in [-0.15, -0.1) is 11.8 Å². The van der Waals surface area contributed by atoms with Crippen LogP contribution in [0.3, 0.4) is 0 Å². The molecule has 4 nitrogen and oxygen atoms in total. The molecule has 112 valence electrons. The van der Waals surface area contributed by atoms with Crippen LogP contribution < -0.4 is 4.74 Å². The van der Waals surface area contributed by atoms with Gasteiger partial charge in [-0.1, -0.05) is 23.2 Å². The van der Waals surface area contributed by atoms with Crippen molar-refractivity contribution >= 4 is 46.8 Å². The molecule has 1 aromatic rings. The smallest absolute Gasteiger partial charge is 0.335 e. The monoisotopic (exact) mass is 345 g/mol. The highest BCUT2D eigenvalue weighted by atomic mass is 35.5. The third-order valence-corrected chi connectivity index (χ3v) is 5.86. The molecule has 1 aromatic carbocycles. The summed E-state index contributed by atoms with van der Waals surface area (Å²) in [5.74, 6) is 0.361. The van der Waals surface area contributed by atoms with E-state index in [2.05, 4.69) is 0 Å². The number of hydrogen-bond acceptors (Lipinski definition) is 4. The van der Waals surface area contributed by atoms with Gasteiger partial charge in [-0.2, -0.15) is 0 Å². The molecule has 2 saturated heterocycles. The van der Waals surface area contributed by atoms with Crippen LogP contribution in [0.5, 0.6) is 5.75 Å². The number of carbonyl (C=O) groups is 2. The Labute approximate surface area is 136 Å². The SMILES string of the molecule is CC12CCC(=O)N1C(C(=O)Oc1ccc(Cl)cc1Cl)CS2. The number of amides is 1. The van der Waals surface area contributed by atoms with Crippen molar-refractivity contribution in [3.05, 3.63) is 28.2 Å². The Kier molecular flexibility index (Phi) is 3.84. The minimum absolute atomic E-state index is 0.00616. The van der Waals surface area contributed by atoms with Crippen molar-refractivity contribution in [2.75, 3.05) is 5.75 Å². The van der Waals surface area contributed by atoms with Crippen molar-refractivity contribution in [2.45, 2.75) is 30.7 Å². The lowest BCUT2D eigenvalue weighted by Crippen LogP contribution is -2.47. The van der Waals surface area contributed by atoms with Crippen LogP contribution in [0.15, 0.2) is 18.2 Å². The Bertz CT molecular complexity index is 624. The van der Waals surface area contributed by atoms with E-state index in [-0.39, 0.29) is 21.6 Å². The average Bonchev–Trinajstić information content (AvgIpc) is 2.90. The highest BCUT2D eigenvalue weighted by Gasteiger charge is 2.53. The Morgan fingerprint density at radius 1 is 1.48 bits per heavy atom. The lowest BCUT2D eigenvalue weighted by atomic mass is 10.2. The van der Waals surface area contributed by atoms with Crippen LogP contribution in [0.4, 0.5) is 0 Å². The first-order chi connectivity index (χ1) is 9.90. The van der Waals surface area contributed by atoms with E-state index in [0.29, 0.717) is 17.2 Å². The van der Waals surface area contributed by atoms with E-state index in [4.69, 9.17) is 27.9 Å². The van der Waals surface area contributed by atoms with Crippen molar-refractivity contribution in [3.63, 3.8) is 0 Å². The average molecular weight is 346 g/mol. The molecule has 0 radical (unpaired) electrons. The number of hydrogen-bond donors (Lipinski definition) is 0. The van der Waals surface area contributed by atoms with E-state index < -0.39 is 12.0 Å². The molecule has 7 heteroatoms. The predicted molar refractivity (Wildman–Crippen MR) is 82.8 cm³/mol. The maximum absolute atomic E-state index is 12.4. The fourth-order valence-electron chi connectivity index (χ4n) is 2.73. The van der Waals surface area contributed by atoms with Gasteiger partial charge in [0.2, 0.25) is 5.91 Å². The number of rotatable bonds is 2. The number of nitrogens with zero attached hydrogens (tertiary/aromatic N) is 1. The standard InChI is InChI=1S/C14H13Cl2NO3S/c1-14-5-4-12(18)17(14)10(7-21-14)13(19)20-11-3-2-8(15)6-9(11)16/h2-3,6,10H,4-5,7H2,1H3. The summed E-state index contributed by atoms with van der Waals surface area (Å²) in [6, 6.07) is 4.11. The second kappa shape index (κ2) is 5.38. The molecule has 0 saturated carbocycles. The molecule has 0 spiro atoms. The van der Waals surface area contributed by atoms with Crippen LogP contribution in [0.25, 0.3) is 0 Å². The van der Waals surface area contributed by atoms with Crippen molar-refractivity contribution in [1.29, 1.82) is 0 Å². The molecule has 2 unspecified atom stereocenters. The lowest BCUT2D eigenvalue weighted by molar-refractivity contribution is -0.146. The number of ether oxygens (including phenoxy) is 1. The second-order valence-corrected chi connectivity index (χ2v) is 7.61. The molecule has 2 aliphatic heterocycles. The molecule has 2 heterocycles. The lowest BCUT2D eigenvalue weighted by Gasteiger charge is -2.29. The molecule has 2 fully saturated rings. The van der Waals surface area contributed by atoms with Gasteiger partial charge in [0.05, 0.1) is 9.89 Å². The zero-order valence-electron chi connectivity index (χ0n) is 11.3. The summed E-state index contributed by atoms with van der Waals surface area (Å²) >= 11 is 13.4. The number of thioether (sulfide) groups is 1. The van der Waals surface area contributed by atoms with E-state index in [9.17, 15) is 9.59 Å². The van der Waals surface area contributed by atoms with Gasteiger partial charge in [0, 0.05) is 17.2 Å². The number of benzene rings is 1. The normalized spacial score (nSPS) is 27.9. The largest absolute Gasteiger partial charge is 0.423 e. The highest BCUT2D eigenvalue weighted by molar-refractivity contribution is 8.01. The van der Waals surface area contributed by atoms with Gasteiger partial charge >= 0.3 is 5.97 Å². The van der Waals surface area contributed by atoms with Crippen molar-refractivity contribution in [2.24, 2.45) is 0 Å². The van der Waals surface area contributed by atoms with Gasteiger partial charge in [-0.25, -0.2) is 4.79 Å². The highest BCUT2D eigenvalue weighted by Crippen LogP contribution is 2.47. The van der Waals surface area contributed by atoms with E-state index >= 15 is 0 Å². The van der Waals surface area contributed by atoms with Crippen LogP contribution >= 0.6 is 35.0 Å². The second-order valence-electron chi connectivity index (χ2n) is 5.26. The van der Waals surface area contributed by atoms with Gasteiger partial charge in [0.1, 0.15) is 11.8 Å². The van der Waals surface area contributed by atoms with E-state index in [0.717, 1.165) is 6.42 Å². The van der Waals surface area contributed by atoms with Crippen molar-refractivity contribution in [3.8, 4) is 5.75 Å². The minimum atomic E-state index is -0.554. The molecule has 0 aromatic heterocycles. The Balaban J connectivity index is 1.78. The van der Waals surface area contributed by atoms with Crippen molar-refractivity contribution < 1.29 is 14.3 Å². The topological polar surface area (TPSA) is 46.6 Å². The molecule has 1 amide bonds. The molecule has 0 aliphatic carbocycles. The first kappa shape index (κ1) is 15.0. The number of halogens is 2. The van der Waals surface area contributed by atoms with Gasteiger partial charge in [-0.3, -0.25) is 4.79 Å². The summed E-state index contributed by atoms with van der Waals surface area (Å²) < 4.78 is 5.35. The fourth-order valence-corrected chi connectivity index (χ4v) is 4.59. The van der Waals surface area contributed by atoms with Crippen LogP contribution in [0.1, 0.15) is 19.8 Å². The molecule has 2 atom stereocenters. The third-order valence-electron chi connectivity index (χ3n) is 3.82. The maximum Gasteiger partial charge on any atom is 0.335 e. The number of fused-ring (bicyclic) bond motifs is 1. The maximum atomic E-state index is 12.4. The first-order valence-electron chi connectivity index (χ1n) is 6.53. The molecule has 0 N–H and O–H groups in total. The van der Waals surface area contributed by atoms with Gasteiger partial charge < -0.3 is 9.64 Å². The zero-order chi connectivity index (χ0) is 15.2.